The van der Waals surface area contributed by atoms with E-state index in [9.17, 15) is 9.90 Å². The fraction of sp³-hybridized carbons (Fsp3) is 0.459. The maximum atomic E-state index is 12.5. The van der Waals surface area contributed by atoms with Gasteiger partial charge in [-0.2, -0.15) is 4.98 Å². The molecule has 3 N–H and O–H groups in total. The molecule has 1 unspecified atom stereocenters. The number of pyridine rings is 1. The highest BCUT2D eigenvalue weighted by Crippen LogP contribution is 2.41. The Balaban J connectivity index is 1.17. The average Bonchev–Trinajstić information content (AvgIpc) is 3.55. The Kier molecular flexibility index (Phi) is 9.59. The van der Waals surface area contributed by atoms with Gasteiger partial charge >= 0.3 is 5.97 Å². The van der Waals surface area contributed by atoms with Crippen molar-refractivity contribution in [3.8, 4) is 22.8 Å². The molecule has 9 heteroatoms. The molecule has 0 radical (unpaired) electrons. The summed E-state index contributed by atoms with van der Waals surface area (Å²) in [6.07, 6.45) is 10.2. The molecule has 8 nitrogen and oxygen atoms in total. The summed E-state index contributed by atoms with van der Waals surface area (Å²) >= 11 is 6.73. The van der Waals surface area contributed by atoms with Gasteiger partial charge in [-0.25, -0.2) is 0 Å². The molecule has 0 spiro atoms. The second-order valence-corrected chi connectivity index (χ2v) is 14.4. The van der Waals surface area contributed by atoms with Gasteiger partial charge < -0.3 is 15.4 Å². The first-order valence-electron chi connectivity index (χ1n) is 16.5. The number of aliphatic carboxylic acids is 1. The third kappa shape index (κ3) is 7.35. The Bertz CT molecular complexity index is 1620. The molecule has 0 amide bonds. The van der Waals surface area contributed by atoms with E-state index in [1.165, 1.54) is 37.7 Å². The predicted octanol–water partition coefficient (Wildman–Crippen LogP) is 8.08. The van der Waals surface area contributed by atoms with Crippen LogP contribution < -0.4 is 5.73 Å². The molecule has 2 aliphatic rings. The fourth-order valence-electron chi connectivity index (χ4n) is 7.25. The first-order valence-corrected chi connectivity index (χ1v) is 16.9. The number of piperidine rings is 1. The highest BCUT2D eigenvalue weighted by atomic mass is 35.5. The molecule has 1 saturated carbocycles. The van der Waals surface area contributed by atoms with E-state index in [2.05, 4.69) is 33.2 Å². The number of carbonyl (C=O) groups is 1. The van der Waals surface area contributed by atoms with Gasteiger partial charge in [0.15, 0.2) is 0 Å². The molecule has 3 heterocycles. The van der Waals surface area contributed by atoms with Gasteiger partial charge in [-0.3, -0.25) is 14.7 Å². The number of aromatic nitrogens is 3. The normalized spacial score (nSPS) is 18.3. The number of benzene rings is 2. The maximum Gasteiger partial charge on any atom is 0.310 e. The zero-order valence-electron chi connectivity index (χ0n) is 26.8. The second kappa shape index (κ2) is 13.6. The van der Waals surface area contributed by atoms with Crippen molar-refractivity contribution < 1.29 is 14.4 Å². The third-order valence-electron chi connectivity index (χ3n) is 9.89. The van der Waals surface area contributed by atoms with Crippen LogP contribution >= 0.6 is 11.6 Å². The SMILES string of the molecule is CC(C)(N)CC(c1ccc(-c2noc(-c3ccc(C4CCCCC4)c(Cl)c3)n2)cc1)N1CCC(Cc2ccccn2)(C(=O)O)CC1. The molecule has 4 aromatic rings. The minimum atomic E-state index is -0.825. The Morgan fingerprint density at radius 2 is 1.78 bits per heavy atom. The molecule has 2 fully saturated rings. The topological polar surface area (TPSA) is 118 Å². The average molecular weight is 642 g/mol. The smallest absolute Gasteiger partial charge is 0.310 e. The Morgan fingerprint density at radius 3 is 2.41 bits per heavy atom. The minimum Gasteiger partial charge on any atom is -0.481 e. The fourth-order valence-corrected chi connectivity index (χ4v) is 7.59. The van der Waals surface area contributed by atoms with E-state index < -0.39 is 16.9 Å². The molecular weight excluding hydrogens is 598 g/mol. The first-order chi connectivity index (χ1) is 22.1. The second-order valence-electron chi connectivity index (χ2n) is 13.9. The van der Waals surface area contributed by atoms with Crippen molar-refractivity contribution >= 4 is 17.6 Å². The highest BCUT2D eigenvalue weighted by Gasteiger charge is 2.43. The standard InChI is InChI=1S/C37H44ClN5O3/c1-36(2,39)24-32(43-20-17-37(18-21-43,35(44)45)23-29-10-6-7-19-40-29)26-11-13-27(14-12-26)33-41-34(46-42-33)28-15-16-30(31(38)22-28)25-8-4-3-5-9-25/h6-7,10-16,19,22,25,32H,3-5,8-9,17-18,20-21,23-24,39H2,1-2H3,(H,44,45). The number of nitrogens with two attached hydrogens (primary N) is 1. The Morgan fingerprint density at radius 1 is 1.07 bits per heavy atom. The zero-order valence-corrected chi connectivity index (χ0v) is 27.5. The first kappa shape index (κ1) is 32.4. The molecule has 1 aliphatic heterocycles. The Hall–Kier alpha value is -3.59. The quantitative estimate of drug-likeness (QED) is 0.178. The third-order valence-corrected chi connectivity index (χ3v) is 10.2. The maximum absolute atomic E-state index is 12.5. The largest absolute Gasteiger partial charge is 0.481 e. The summed E-state index contributed by atoms with van der Waals surface area (Å²) in [5.41, 5.74) is 10.2. The van der Waals surface area contributed by atoms with Gasteiger partial charge in [0, 0.05) is 46.0 Å². The van der Waals surface area contributed by atoms with Crippen LogP contribution in [0.25, 0.3) is 22.8 Å². The van der Waals surface area contributed by atoms with Gasteiger partial charge in [-0.15, -0.1) is 0 Å². The number of halogens is 1. The van der Waals surface area contributed by atoms with Crippen LogP contribution in [0, 0.1) is 5.41 Å². The molecule has 1 aliphatic carbocycles. The van der Waals surface area contributed by atoms with Crippen LogP contribution in [0.1, 0.15) is 94.0 Å². The van der Waals surface area contributed by atoms with Crippen molar-refractivity contribution in [2.75, 3.05) is 13.1 Å². The van der Waals surface area contributed by atoms with E-state index in [0.29, 0.717) is 50.0 Å². The van der Waals surface area contributed by atoms with Crippen LogP contribution in [0.2, 0.25) is 5.02 Å². The van der Waals surface area contributed by atoms with E-state index in [1.807, 2.05) is 56.3 Å². The number of likely N-dealkylation sites (tertiary alicyclic amines) is 1. The molecule has 2 aromatic heterocycles. The molecule has 46 heavy (non-hydrogen) atoms. The Labute approximate surface area is 276 Å². The predicted molar refractivity (Wildman–Crippen MR) is 180 cm³/mol. The van der Waals surface area contributed by atoms with Gasteiger partial charge in [-0.1, -0.05) is 72.4 Å². The molecule has 2 aromatic carbocycles. The summed E-state index contributed by atoms with van der Waals surface area (Å²) < 4.78 is 5.67. The molecule has 242 valence electrons. The lowest BCUT2D eigenvalue weighted by Crippen LogP contribution is -2.48. The minimum absolute atomic E-state index is 0.0429. The van der Waals surface area contributed by atoms with Gasteiger partial charge in [0.05, 0.1) is 5.41 Å². The van der Waals surface area contributed by atoms with Gasteiger partial charge in [0.2, 0.25) is 5.82 Å². The van der Waals surface area contributed by atoms with E-state index in [0.717, 1.165) is 33.8 Å². The van der Waals surface area contributed by atoms with Crippen molar-refractivity contribution in [2.45, 2.75) is 89.1 Å². The number of hydrogen-bond acceptors (Lipinski definition) is 7. The van der Waals surface area contributed by atoms with Crippen LogP contribution in [0.5, 0.6) is 0 Å². The molecular formula is C37H44ClN5O3. The number of carboxylic acid groups (broad SMARTS) is 1. The molecule has 6 rings (SSSR count). The van der Waals surface area contributed by atoms with Crippen LogP contribution in [-0.2, 0) is 11.2 Å². The lowest BCUT2D eigenvalue weighted by atomic mass is 9.74. The van der Waals surface area contributed by atoms with Gasteiger partial charge in [0.25, 0.3) is 5.89 Å². The summed E-state index contributed by atoms with van der Waals surface area (Å²) in [6, 6.07) is 20.1. The van der Waals surface area contributed by atoms with Gasteiger partial charge in [0.1, 0.15) is 0 Å². The van der Waals surface area contributed by atoms with Crippen molar-refractivity contribution in [1.82, 2.24) is 20.0 Å². The molecule has 1 saturated heterocycles. The summed E-state index contributed by atoms with van der Waals surface area (Å²) in [6.45, 7) is 5.40. The van der Waals surface area contributed by atoms with Crippen molar-refractivity contribution in [1.29, 1.82) is 0 Å². The van der Waals surface area contributed by atoms with Gasteiger partial charge in [-0.05, 0) is 100 Å². The number of rotatable bonds is 10. The van der Waals surface area contributed by atoms with Crippen molar-refractivity contribution in [3.05, 3.63) is 88.7 Å². The molecule has 0 bridgehead atoms. The van der Waals surface area contributed by atoms with Crippen LogP contribution in [0.4, 0.5) is 0 Å². The van der Waals surface area contributed by atoms with E-state index >= 15 is 0 Å². The van der Waals surface area contributed by atoms with E-state index in [-0.39, 0.29) is 6.04 Å². The van der Waals surface area contributed by atoms with E-state index in [1.54, 1.807) is 6.20 Å². The summed E-state index contributed by atoms with van der Waals surface area (Å²) in [5.74, 6) is 0.736. The highest BCUT2D eigenvalue weighted by molar-refractivity contribution is 6.31. The van der Waals surface area contributed by atoms with Crippen LogP contribution in [-0.4, -0.2) is 49.7 Å². The summed E-state index contributed by atoms with van der Waals surface area (Å²) in [4.78, 5) is 24.0. The zero-order chi connectivity index (χ0) is 32.3. The summed E-state index contributed by atoms with van der Waals surface area (Å²) in [7, 11) is 0. The van der Waals surface area contributed by atoms with E-state index in [4.69, 9.17) is 26.8 Å². The lowest BCUT2D eigenvalue weighted by molar-refractivity contribution is -0.152. The van der Waals surface area contributed by atoms with Crippen LogP contribution in [0.15, 0.2) is 71.4 Å². The number of carboxylic acids is 1. The monoisotopic (exact) mass is 641 g/mol. The van der Waals surface area contributed by atoms with Crippen LogP contribution in [0.3, 0.4) is 0 Å². The number of hydrogen-bond donors (Lipinski definition) is 2. The lowest BCUT2D eigenvalue weighted by Gasteiger charge is -2.43. The van der Waals surface area contributed by atoms with Crippen molar-refractivity contribution in [3.63, 3.8) is 0 Å². The van der Waals surface area contributed by atoms with Crippen molar-refractivity contribution in [2.24, 2.45) is 11.1 Å². The summed E-state index contributed by atoms with van der Waals surface area (Å²) in [5, 5.41) is 15.3. The number of nitrogens with zero attached hydrogens (tertiary/aromatic N) is 4. The molecule has 1 atom stereocenters.